The van der Waals surface area contributed by atoms with E-state index in [1.807, 2.05) is 0 Å². The van der Waals surface area contributed by atoms with Crippen molar-refractivity contribution in [2.24, 2.45) is 0 Å². The second-order valence-electron chi connectivity index (χ2n) is 0.238. The van der Waals surface area contributed by atoms with E-state index in [2.05, 4.69) is 0 Å². The molecule has 6 heteroatoms. The fourth-order valence-corrected chi connectivity index (χ4v) is 0. The molecule has 1 N–H and O–H groups in total. The maximum absolute atomic E-state index is 8.42. The molecule has 0 aliphatic carbocycles. The van der Waals surface area contributed by atoms with Crippen LogP contribution in [0.2, 0.25) is 0 Å². The Morgan fingerprint density at radius 3 is 1.67 bits per heavy atom. The van der Waals surface area contributed by atoms with Gasteiger partial charge in [0, 0.05) is 0 Å². The average molecular weight is 220 g/mol. The predicted molar refractivity (Wildman–Crippen MR) is 9.47 cm³/mol. The van der Waals surface area contributed by atoms with Crippen LogP contribution in [0.5, 0.6) is 0 Å². The fourth-order valence-electron chi connectivity index (χ4n) is 0. The zero-order valence-electron chi connectivity index (χ0n) is 2.70. The molecule has 0 amide bonds. The maximum atomic E-state index is 8.42. The Morgan fingerprint density at radius 1 is 1.67 bits per heavy atom. The van der Waals surface area contributed by atoms with Crippen LogP contribution in [0.3, 0.4) is 0 Å². The molecule has 0 rings (SSSR count). The first-order valence-electron chi connectivity index (χ1n) is 0.801. The molecular formula is HNO4Pr. The normalized spacial score (nSPS) is 5.00. The van der Waals surface area contributed by atoms with E-state index in [9.17, 15) is 0 Å². The Morgan fingerprint density at radius 2 is 1.67 bits per heavy atom. The molecule has 0 saturated carbocycles. The summed E-state index contributed by atoms with van der Waals surface area (Å²) in [5.74, 6) is 0. The van der Waals surface area contributed by atoms with Gasteiger partial charge in [-0.2, -0.15) is 0 Å². The van der Waals surface area contributed by atoms with Crippen molar-refractivity contribution in [2.75, 3.05) is 0 Å². The summed E-state index contributed by atoms with van der Waals surface area (Å²) in [7, 11) is 0. The molecule has 0 radical (unpaired) electrons. The summed E-state index contributed by atoms with van der Waals surface area (Å²) in [4.78, 5) is 8.36. The third-order valence-corrected chi connectivity index (χ3v) is 0. The number of hydrogen-bond donors (Lipinski definition) is 1. The van der Waals surface area contributed by atoms with Gasteiger partial charge in [-0.15, -0.1) is 10.1 Å². The Labute approximate surface area is 60.3 Å². The Hall–Kier alpha value is 0.364. The van der Waals surface area contributed by atoms with Crippen molar-refractivity contribution in [2.45, 2.75) is 0 Å². The SMILES string of the molecule is O=[N+]([O-])O.[O]=[Pr]. The Kier molecular flexibility index (Phi) is 14.5. The van der Waals surface area contributed by atoms with Crippen LogP contribution in [0.1, 0.15) is 0 Å². The van der Waals surface area contributed by atoms with Crippen molar-refractivity contribution in [1.82, 2.24) is 0 Å². The number of nitrogens with zero attached hydrogens (tertiary/aromatic N) is 1. The van der Waals surface area contributed by atoms with Crippen LogP contribution in [0, 0.1) is 49.4 Å². The van der Waals surface area contributed by atoms with Crippen LogP contribution in [0.15, 0.2) is 0 Å². The van der Waals surface area contributed by atoms with Crippen LogP contribution >= 0.6 is 0 Å². The van der Waals surface area contributed by atoms with Gasteiger partial charge in [0.15, 0.2) is 0 Å². The van der Waals surface area contributed by atoms with Crippen molar-refractivity contribution in [3.8, 4) is 0 Å². The monoisotopic (exact) mass is 220 g/mol. The topological polar surface area (TPSA) is 80.4 Å². The number of hydrogen-bond acceptors (Lipinski definition) is 3. The average Bonchev–Trinajstić information content (AvgIpc) is 1.41. The molecule has 0 aliphatic rings. The zero-order valence-corrected chi connectivity index (χ0v) is 6.40. The summed E-state index contributed by atoms with van der Waals surface area (Å²) in [6.07, 6.45) is 0. The third kappa shape index (κ3) is 373. The van der Waals surface area contributed by atoms with Crippen LogP contribution < -0.4 is 0 Å². The molecule has 0 aromatic rings. The van der Waals surface area contributed by atoms with Crippen LogP contribution in [0.4, 0.5) is 0 Å². The minimum absolute atomic E-state index is 0.0833. The van der Waals surface area contributed by atoms with Crippen molar-refractivity contribution >= 4 is 0 Å². The second kappa shape index (κ2) is 9.03. The predicted octanol–water partition coefficient (Wildman–Crippen LogP) is -0.467. The Balaban J connectivity index is 0. The molecule has 0 aliphatic heterocycles. The summed E-state index contributed by atoms with van der Waals surface area (Å²) in [6, 6.07) is 0. The van der Waals surface area contributed by atoms with Crippen LogP contribution in [-0.2, 0) is 0.995 Å². The molecule has 0 atom stereocenters. The van der Waals surface area contributed by atoms with E-state index in [4.69, 9.17) is 16.3 Å². The standard InChI is InChI=1S/HNO3.O.Pr/c2-1(3)4;;/h(H,2,3,4);;. The molecule has 0 aromatic heterocycles. The van der Waals surface area contributed by atoms with Gasteiger partial charge in [0.2, 0.25) is 0 Å². The van der Waals surface area contributed by atoms with Crippen molar-refractivity contribution in [1.29, 1.82) is 0 Å². The molecule has 0 fully saturated rings. The summed E-state index contributed by atoms with van der Waals surface area (Å²) >= 11 is -0.0833. The molecule has 0 spiro atoms. The van der Waals surface area contributed by atoms with Gasteiger partial charge in [0.05, 0.1) is 0 Å². The first-order valence-corrected chi connectivity index (χ1v) is 2.31. The Bertz CT molecular complexity index is 38.8. The minimum atomic E-state index is -1.50. The molecule has 0 aromatic carbocycles. The molecule has 33 valence electrons. The van der Waals surface area contributed by atoms with Crippen LogP contribution in [0.25, 0.3) is 0 Å². The van der Waals surface area contributed by atoms with Gasteiger partial charge in [-0.05, 0) is 0 Å². The van der Waals surface area contributed by atoms with E-state index < -0.39 is 5.09 Å². The van der Waals surface area contributed by atoms with E-state index in [1.165, 1.54) is 0 Å². The van der Waals surface area contributed by atoms with Crippen molar-refractivity contribution < 1.29 is 50.6 Å². The molecule has 0 saturated heterocycles. The molecule has 0 unspecified atom stereocenters. The number of rotatable bonds is 0. The van der Waals surface area contributed by atoms with E-state index in [1.54, 1.807) is 0 Å². The first kappa shape index (κ1) is 9.61. The van der Waals surface area contributed by atoms with Gasteiger partial charge < -0.3 is 5.21 Å². The fraction of sp³-hybridized carbons (Fsp3) is 0. The van der Waals surface area contributed by atoms with Gasteiger partial charge >= 0.3 is 40.3 Å². The van der Waals surface area contributed by atoms with Gasteiger partial charge in [0.25, 0.3) is 5.09 Å². The van der Waals surface area contributed by atoms with Gasteiger partial charge in [-0.3, -0.25) is 0 Å². The van der Waals surface area contributed by atoms with Gasteiger partial charge in [-0.25, -0.2) is 0 Å². The molecule has 6 heavy (non-hydrogen) atoms. The third-order valence-electron chi connectivity index (χ3n) is 0. The van der Waals surface area contributed by atoms with E-state index in [0.717, 1.165) is 0 Å². The van der Waals surface area contributed by atoms with E-state index in [-0.39, 0.29) is 39.3 Å². The van der Waals surface area contributed by atoms with Gasteiger partial charge in [0.1, 0.15) is 0 Å². The van der Waals surface area contributed by atoms with Crippen molar-refractivity contribution in [3.63, 3.8) is 0 Å². The molecular weight excluding hydrogens is 219 g/mol. The van der Waals surface area contributed by atoms with Crippen LogP contribution in [-0.4, -0.2) is 10.3 Å². The summed E-state index contributed by atoms with van der Waals surface area (Å²) in [5.41, 5.74) is 0. The van der Waals surface area contributed by atoms with Gasteiger partial charge in [-0.1, -0.05) is 0 Å². The zero-order chi connectivity index (χ0) is 5.58. The summed E-state index contributed by atoms with van der Waals surface area (Å²) in [6.45, 7) is 0. The van der Waals surface area contributed by atoms with E-state index in [0.29, 0.717) is 0 Å². The summed E-state index contributed by atoms with van der Waals surface area (Å²) in [5, 5.41) is 13.6. The molecule has 0 heterocycles. The molecule has 5 nitrogen and oxygen atoms in total. The quantitative estimate of drug-likeness (QED) is 0.442. The van der Waals surface area contributed by atoms with Crippen molar-refractivity contribution in [3.05, 3.63) is 10.1 Å². The second-order valence-corrected chi connectivity index (χ2v) is 0.238. The summed E-state index contributed by atoms with van der Waals surface area (Å²) < 4.78 is 8.42. The first-order chi connectivity index (χ1) is 2.73. The van der Waals surface area contributed by atoms with E-state index >= 15 is 0 Å². The molecule has 0 bridgehead atoms.